The Morgan fingerprint density at radius 1 is 0.810 bits per heavy atom. The molecule has 0 aliphatic heterocycles. The average Bonchev–Trinajstić information content (AvgIpc) is 2.31. The Morgan fingerprint density at radius 2 is 1.33 bits per heavy atom. The summed E-state index contributed by atoms with van der Waals surface area (Å²) in [5.41, 5.74) is 2.89. The Labute approximate surface area is 212 Å². The first-order valence-corrected chi connectivity index (χ1v) is 4.84. The SMILES string of the molecule is [CH2-]C(=[C-]c1ccccc1)c1[c-]cccc1.[V].[V].[V].[V].[V].[Y]. The van der Waals surface area contributed by atoms with Crippen LogP contribution in [-0.2, 0) is 125 Å². The van der Waals surface area contributed by atoms with Crippen LogP contribution in [0.15, 0.2) is 54.6 Å². The van der Waals surface area contributed by atoms with Gasteiger partial charge in [-0.15, -0.1) is 6.07 Å². The summed E-state index contributed by atoms with van der Waals surface area (Å²) in [5.74, 6) is 0. The fourth-order valence-electron chi connectivity index (χ4n) is 1.34. The van der Waals surface area contributed by atoms with E-state index in [0.29, 0.717) is 0 Å². The van der Waals surface area contributed by atoms with Gasteiger partial charge < -0.3 is 24.1 Å². The third-order valence-corrected chi connectivity index (χ3v) is 2.10. The molecule has 0 fully saturated rings. The first-order chi connectivity index (χ1) is 7.36. The van der Waals surface area contributed by atoms with Crippen LogP contribution >= 0.6 is 0 Å². The molecule has 0 atom stereocenters. The van der Waals surface area contributed by atoms with Gasteiger partial charge in [0.2, 0.25) is 0 Å². The fraction of sp³-hybridized carbons (Fsp3) is 0. The summed E-state index contributed by atoms with van der Waals surface area (Å²) >= 11 is 0. The van der Waals surface area contributed by atoms with Gasteiger partial charge in [-0.3, -0.25) is 12.1 Å². The molecule has 0 N–H and O–H groups in total. The molecule has 0 amide bonds. The number of rotatable bonds is 2. The maximum Gasteiger partial charge on any atom is 0 e. The third kappa shape index (κ3) is 13.1. The van der Waals surface area contributed by atoms with E-state index in [1.165, 1.54) is 0 Å². The predicted molar refractivity (Wildman–Crippen MR) is 62.8 cm³/mol. The maximum atomic E-state index is 3.98. The Balaban J connectivity index is -0.000000142. The average molecular weight is 535 g/mol. The van der Waals surface area contributed by atoms with Gasteiger partial charge in [0.25, 0.3) is 0 Å². The van der Waals surface area contributed by atoms with Gasteiger partial charge in [0.1, 0.15) is 0 Å². The van der Waals surface area contributed by atoms with Crippen LogP contribution in [0.5, 0.6) is 0 Å². The Bertz CT molecular complexity index is 460. The molecule has 6 radical (unpaired) electrons. The van der Waals surface area contributed by atoms with Gasteiger partial charge >= 0.3 is 0 Å². The molecule has 6 heteroatoms. The van der Waals surface area contributed by atoms with Crippen LogP contribution < -0.4 is 0 Å². The van der Waals surface area contributed by atoms with E-state index in [9.17, 15) is 0 Å². The quantitative estimate of drug-likeness (QED) is 0.409. The van der Waals surface area contributed by atoms with Crippen LogP contribution in [-0.4, -0.2) is 0 Å². The predicted octanol–water partition coefficient (Wildman–Crippen LogP) is 3.54. The van der Waals surface area contributed by atoms with Crippen molar-refractivity contribution in [2.24, 2.45) is 0 Å². The van der Waals surface area contributed by atoms with Crippen LogP contribution in [0, 0.1) is 19.1 Å². The van der Waals surface area contributed by atoms with Gasteiger partial charge in [0.05, 0.1) is 0 Å². The van der Waals surface area contributed by atoms with Crippen molar-refractivity contribution < 1.29 is 125 Å². The van der Waals surface area contributed by atoms with E-state index in [2.05, 4.69) is 19.1 Å². The second-order valence-electron chi connectivity index (χ2n) is 3.25. The summed E-state index contributed by atoms with van der Waals surface area (Å²) in [6, 6.07) is 20.9. The second-order valence-corrected chi connectivity index (χ2v) is 3.25. The number of hydrogen-bond donors (Lipinski definition) is 0. The molecular formula is C15H11V5Y-3. The van der Waals surface area contributed by atoms with E-state index in [1.54, 1.807) is 0 Å². The summed E-state index contributed by atoms with van der Waals surface area (Å²) in [7, 11) is 0. The van der Waals surface area contributed by atoms with Crippen LogP contribution in [0.1, 0.15) is 11.1 Å². The summed E-state index contributed by atoms with van der Waals surface area (Å²) in [6.07, 6.45) is 3.23. The van der Waals surface area contributed by atoms with E-state index >= 15 is 0 Å². The van der Waals surface area contributed by atoms with E-state index in [1.807, 2.05) is 54.6 Å². The molecule has 21 heavy (non-hydrogen) atoms. The topological polar surface area (TPSA) is 0 Å². The van der Waals surface area contributed by atoms with Crippen molar-refractivity contribution in [2.45, 2.75) is 0 Å². The van der Waals surface area contributed by atoms with Gasteiger partial charge in [-0.2, -0.15) is 17.7 Å². The molecule has 102 valence electrons. The van der Waals surface area contributed by atoms with Crippen LogP contribution in [0.2, 0.25) is 0 Å². The van der Waals surface area contributed by atoms with Crippen molar-refractivity contribution in [1.29, 1.82) is 0 Å². The fourth-order valence-corrected chi connectivity index (χ4v) is 1.34. The normalized spacial score (nSPS) is 8.10. The number of allylic oxidation sites excluding steroid dienone is 1. The molecule has 2 rings (SSSR count). The van der Waals surface area contributed by atoms with Crippen molar-refractivity contribution in [1.82, 2.24) is 0 Å². The molecule has 0 aromatic heterocycles. The van der Waals surface area contributed by atoms with E-state index in [-0.39, 0.29) is 125 Å². The standard InChI is InChI=1S/C15H11.5V.Y/c1-13(15-10-6-3-7-11-15)12-14-8-4-2-5-9-14;;;;;;/h2-10H,1H2;;;;;;/q-3;;;;;;. The zero-order chi connectivity index (χ0) is 10.5. The molecule has 0 unspecified atom stereocenters. The smallest absolute Gasteiger partial charge is 0 e. The number of hydrogen-bond acceptors (Lipinski definition) is 0. The molecule has 0 aliphatic carbocycles. The van der Waals surface area contributed by atoms with Crippen LogP contribution in [0.3, 0.4) is 0 Å². The molecule has 0 bridgehead atoms. The van der Waals surface area contributed by atoms with Crippen LogP contribution in [0.25, 0.3) is 5.57 Å². The van der Waals surface area contributed by atoms with Crippen molar-refractivity contribution in [3.05, 3.63) is 84.8 Å². The van der Waals surface area contributed by atoms with Gasteiger partial charge in [-0.05, 0) is 0 Å². The Kier molecular flexibility index (Phi) is 33.0. The van der Waals surface area contributed by atoms with Gasteiger partial charge in [0.15, 0.2) is 0 Å². The van der Waals surface area contributed by atoms with Gasteiger partial charge in [0, 0.05) is 125 Å². The molecule has 0 aliphatic rings. The largest absolute Gasteiger partial charge is 0.450 e. The van der Waals surface area contributed by atoms with E-state index < -0.39 is 0 Å². The molecule has 0 saturated heterocycles. The summed E-state index contributed by atoms with van der Waals surface area (Å²) in [4.78, 5) is 0. The first kappa shape index (κ1) is 34.4. The second kappa shape index (κ2) is 20.1. The van der Waals surface area contributed by atoms with Crippen molar-refractivity contribution in [3.8, 4) is 0 Å². The minimum atomic E-state index is 0. The van der Waals surface area contributed by atoms with Gasteiger partial charge in [-0.25, -0.2) is 0 Å². The van der Waals surface area contributed by atoms with Crippen molar-refractivity contribution >= 4 is 5.57 Å². The zero-order valence-corrected chi connectivity index (χ0v) is 21.0. The van der Waals surface area contributed by atoms with Gasteiger partial charge in [-0.1, -0.05) is 30.3 Å². The molecule has 2 aromatic carbocycles. The molecule has 0 saturated carbocycles. The first-order valence-electron chi connectivity index (χ1n) is 4.84. The maximum absolute atomic E-state index is 3.98. The summed E-state index contributed by atoms with van der Waals surface area (Å²) in [5, 5.41) is 0. The van der Waals surface area contributed by atoms with E-state index in [0.717, 1.165) is 16.7 Å². The summed E-state index contributed by atoms with van der Waals surface area (Å²) in [6.45, 7) is 3.98. The molecule has 2 aromatic rings. The zero-order valence-electron chi connectivity index (χ0n) is 11.2. The molecular weight excluding hydrogens is 524 g/mol. The molecule has 0 nitrogen and oxygen atoms in total. The summed E-state index contributed by atoms with van der Waals surface area (Å²) < 4.78 is 0. The minimum absolute atomic E-state index is 0. The van der Waals surface area contributed by atoms with Crippen molar-refractivity contribution in [2.75, 3.05) is 0 Å². The van der Waals surface area contributed by atoms with E-state index in [4.69, 9.17) is 0 Å². The molecule has 0 spiro atoms. The third-order valence-electron chi connectivity index (χ3n) is 2.10. The Morgan fingerprint density at radius 3 is 1.81 bits per heavy atom. The minimum Gasteiger partial charge on any atom is -0.450 e. The number of benzene rings is 2. The molecule has 0 heterocycles. The van der Waals surface area contributed by atoms with Crippen molar-refractivity contribution in [3.63, 3.8) is 0 Å². The van der Waals surface area contributed by atoms with Crippen LogP contribution in [0.4, 0.5) is 0 Å². The monoisotopic (exact) mass is 535 g/mol. The Hall–Kier alpha value is 2.08.